The highest BCUT2D eigenvalue weighted by Gasteiger charge is 2.25. The minimum absolute atomic E-state index is 0.128. The molecular formula is C27H41FN4O4. The molecule has 0 aliphatic carbocycles. The van der Waals surface area contributed by atoms with Gasteiger partial charge < -0.3 is 19.8 Å². The summed E-state index contributed by atoms with van der Waals surface area (Å²) in [6.07, 6.45) is 0.393. The second-order valence-electron chi connectivity index (χ2n) is 11.2. The van der Waals surface area contributed by atoms with Crippen LogP contribution in [0.3, 0.4) is 0 Å². The van der Waals surface area contributed by atoms with E-state index >= 15 is 4.39 Å². The highest BCUT2D eigenvalue weighted by molar-refractivity contribution is 6.01. The van der Waals surface area contributed by atoms with Gasteiger partial charge in [0, 0.05) is 24.6 Å². The van der Waals surface area contributed by atoms with Gasteiger partial charge in [0.1, 0.15) is 11.6 Å². The fourth-order valence-electron chi connectivity index (χ4n) is 4.08. The van der Waals surface area contributed by atoms with Crippen LogP contribution in [0.25, 0.3) is 0 Å². The van der Waals surface area contributed by atoms with Gasteiger partial charge in [-0.3, -0.25) is 10.1 Å². The molecule has 36 heavy (non-hydrogen) atoms. The van der Waals surface area contributed by atoms with E-state index in [4.69, 9.17) is 4.52 Å². The number of carboxylic acid groups (broad SMARTS) is 1. The van der Waals surface area contributed by atoms with Crippen LogP contribution in [-0.4, -0.2) is 35.4 Å². The highest BCUT2D eigenvalue weighted by atomic mass is 19.1. The van der Waals surface area contributed by atoms with Gasteiger partial charge in [0.25, 0.3) is 0 Å². The molecule has 1 aromatic carbocycles. The minimum atomic E-state index is -0.958. The van der Waals surface area contributed by atoms with Gasteiger partial charge in [-0.05, 0) is 41.9 Å². The summed E-state index contributed by atoms with van der Waals surface area (Å²) >= 11 is 0. The van der Waals surface area contributed by atoms with Crippen molar-refractivity contribution in [3.63, 3.8) is 0 Å². The molecule has 1 aromatic heterocycles. The lowest BCUT2D eigenvalue weighted by Crippen LogP contribution is -2.33. The van der Waals surface area contributed by atoms with Crippen LogP contribution in [0.5, 0.6) is 0 Å². The van der Waals surface area contributed by atoms with Gasteiger partial charge in [-0.1, -0.05) is 60.5 Å². The molecule has 0 aliphatic heterocycles. The third kappa shape index (κ3) is 8.24. The number of anilines is 3. The quantitative estimate of drug-likeness (QED) is 0.309. The Morgan fingerprint density at radius 3 is 2.17 bits per heavy atom. The molecule has 200 valence electrons. The fraction of sp³-hybridized carbons (Fsp3) is 0.593. The topological polar surface area (TPSA) is 108 Å². The monoisotopic (exact) mass is 504 g/mol. The molecule has 1 unspecified atom stereocenters. The summed E-state index contributed by atoms with van der Waals surface area (Å²) in [6.45, 7) is 17.2. The lowest BCUT2D eigenvalue weighted by molar-refractivity contribution is -0.137. The summed E-state index contributed by atoms with van der Waals surface area (Å²) in [5.41, 5.74) is 0.827. The fourth-order valence-corrected chi connectivity index (χ4v) is 4.08. The van der Waals surface area contributed by atoms with E-state index in [1.165, 1.54) is 6.07 Å². The van der Waals surface area contributed by atoms with Crippen LogP contribution in [0.2, 0.25) is 0 Å². The number of hydrogen-bond acceptors (Lipinski definition) is 5. The number of aliphatic carboxylic acids is 1. The number of carbonyl (C=O) groups excluding carboxylic acids is 1. The summed E-state index contributed by atoms with van der Waals surface area (Å²) in [7, 11) is 0. The lowest BCUT2D eigenvalue weighted by atomic mass is 9.92. The van der Waals surface area contributed by atoms with E-state index < -0.39 is 17.8 Å². The van der Waals surface area contributed by atoms with Crippen LogP contribution in [0.1, 0.15) is 85.5 Å². The number of nitrogens with zero attached hydrogens (tertiary/aromatic N) is 2. The molecule has 0 fully saturated rings. The van der Waals surface area contributed by atoms with Crippen molar-refractivity contribution in [3.8, 4) is 0 Å². The van der Waals surface area contributed by atoms with Crippen molar-refractivity contribution >= 4 is 29.2 Å². The summed E-state index contributed by atoms with van der Waals surface area (Å²) in [4.78, 5) is 26.3. The van der Waals surface area contributed by atoms with Gasteiger partial charge in [0.05, 0.1) is 17.8 Å². The van der Waals surface area contributed by atoms with Crippen LogP contribution in [-0.2, 0) is 10.2 Å². The molecule has 0 bridgehead atoms. The predicted octanol–water partition coefficient (Wildman–Crippen LogP) is 6.84. The van der Waals surface area contributed by atoms with Crippen molar-refractivity contribution in [1.82, 2.24) is 5.16 Å². The maximum atomic E-state index is 15.7. The average molecular weight is 505 g/mol. The van der Waals surface area contributed by atoms with Crippen LogP contribution in [0.4, 0.5) is 26.4 Å². The first-order valence-electron chi connectivity index (χ1n) is 12.6. The molecule has 0 spiro atoms. The number of nitrogens with one attached hydrogen (secondary N) is 2. The molecule has 2 aromatic rings. The maximum absolute atomic E-state index is 15.7. The van der Waals surface area contributed by atoms with Crippen molar-refractivity contribution < 1.29 is 23.6 Å². The van der Waals surface area contributed by atoms with Crippen LogP contribution in [0, 0.1) is 17.7 Å². The first-order valence-corrected chi connectivity index (χ1v) is 12.6. The third-order valence-electron chi connectivity index (χ3n) is 5.70. The number of halogens is 1. The Morgan fingerprint density at radius 2 is 1.69 bits per heavy atom. The molecule has 2 rings (SSSR count). The van der Waals surface area contributed by atoms with Gasteiger partial charge in [-0.25, -0.2) is 9.18 Å². The van der Waals surface area contributed by atoms with E-state index in [0.717, 1.165) is 0 Å². The first kappa shape index (κ1) is 29.1. The Balaban J connectivity index is 2.49. The Bertz CT molecular complexity index is 1030. The third-order valence-corrected chi connectivity index (χ3v) is 5.70. The molecule has 0 saturated carbocycles. The summed E-state index contributed by atoms with van der Waals surface area (Å²) < 4.78 is 21.1. The normalized spacial score (nSPS) is 12.6. The molecule has 1 atom stereocenters. The second kappa shape index (κ2) is 12.2. The second-order valence-corrected chi connectivity index (χ2v) is 11.2. The van der Waals surface area contributed by atoms with Crippen LogP contribution >= 0.6 is 0 Å². The van der Waals surface area contributed by atoms with Crippen molar-refractivity contribution in [2.75, 3.05) is 28.6 Å². The largest absolute Gasteiger partial charge is 0.481 e. The van der Waals surface area contributed by atoms with Gasteiger partial charge in [0.2, 0.25) is 0 Å². The van der Waals surface area contributed by atoms with E-state index in [-0.39, 0.29) is 46.8 Å². The Hall–Kier alpha value is -3.10. The molecule has 9 heteroatoms. The summed E-state index contributed by atoms with van der Waals surface area (Å²) in [5.74, 6) is -0.468. The van der Waals surface area contributed by atoms with Crippen molar-refractivity contribution in [3.05, 3.63) is 35.3 Å². The Labute approximate surface area is 213 Å². The van der Waals surface area contributed by atoms with Gasteiger partial charge >= 0.3 is 12.0 Å². The molecular weight excluding hydrogens is 463 g/mol. The molecule has 8 nitrogen and oxygen atoms in total. The Morgan fingerprint density at radius 1 is 1.08 bits per heavy atom. The summed E-state index contributed by atoms with van der Waals surface area (Å²) in [6, 6.07) is 4.14. The lowest BCUT2D eigenvalue weighted by Gasteiger charge is -2.31. The number of benzene rings is 1. The molecule has 1 heterocycles. The van der Waals surface area contributed by atoms with Gasteiger partial charge in [0.15, 0.2) is 5.82 Å². The molecule has 3 N–H and O–H groups in total. The van der Waals surface area contributed by atoms with Crippen molar-refractivity contribution in [2.45, 2.75) is 79.6 Å². The van der Waals surface area contributed by atoms with Crippen molar-refractivity contribution in [1.29, 1.82) is 0 Å². The SMILES string of the molecule is CCC(CC(=O)O)c1cc(F)c(N(CC(C)C)CC(C)C)c(NC(=O)Nc2cc(C(C)(C)C)on2)c1. The zero-order chi connectivity index (χ0) is 27.2. The van der Waals surface area contributed by atoms with Crippen LogP contribution in [0.15, 0.2) is 22.7 Å². The number of carboxylic acids is 1. The number of hydrogen-bond donors (Lipinski definition) is 3. The standard InChI is InChI=1S/C27H41FN4O4/c1-9-18(12-24(33)34)19-10-20(28)25(32(14-16(2)3)15-17(4)5)21(11-19)29-26(35)30-23-13-22(36-31-23)27(6,7)8/h10-11,13,16-18H,9,12,14-15H2,1-8H3,(H,33,34)(H2,29,30,31,35). The number of aromatic nitrogens is 1. The molecule has 0 radical (unpaired) electrons. The number of amides is 2. The highest BCUT2D eigenvalue weighted by Crippen LogP contribution is 2.36. The maximum Gasteiger partial charge on any atom is 0.325 e. The molecule has 2 amide bonds. The van der Waals surface area contributed by atoms with Gasteiger partial charge in [-0.15, -0.1) is 0 Å². The van der Waals surface area contributed by atoms with E-state index in [0.29, 0.717) is 30.8 Å². The van der Waals surface area contributed by atoms with E-state index in [9.17, 15) is 14.7 Å². The molecule has 0 aliphatic rings. The zero-order valence-electron chi connectivity index (χ0n) is 22.7. The van der Waals surface area contributed by atoms with Crippen LogP contribution < -0.4 is 15.5 Å². The summed E-state index contributed by atoms with van der Waals surface area (Å²) in [5, 5.41) is 18.7. The van der Waals surface area contributed by atoms with E-state index in [2.05, 4.69) is 43.5 Å². The van der Waals surface area contributed by atoms with E-state index in [1.54, 1.807) is 12.1 Å². The van der Waals surface area contributed by atoms with E-state index in [1.807, 2.05) is 32.6 Å². The minimum Gasteiger partial charge on any atom is -0.481 e. The average Bonchev–Trinajstić information content (AvgIpc) is 3.19. The Kier molecular flexibility index (Phi) is 9.90. The number of rotatable bonds is 11. The van der Waals surface area contributed by atoms with Gasteiger partial charge in [-0.2, -0.15) is 0 Å². The smallest absolute Gasteiger partial charge is 0.325 e. The predicted molar refractivity (Wildman–Crippen MR) is 141 cm³/mol. The molecule has 0 saturated heterocycles. The number of carbonyl (C=O) groups is 2. The van der Waals surface area contributed by atoms with Crippen molar-refractivity contribution in [2.24, 2.45) is 11.8 Å². The first-order chi connectivity index (χ1) is 16.7. The number of urea groups is 1. The zero-order valence-corrected chi connectivity index (χ0v) is 22.7.